The number of hydrogen-bond acceptors (Lipinski definition) is 7. The monoisotopic (exact) mass is 306 g/mol. The molecule has 0 saturated carbocycles. The first-order valence-corrected chi connectivity index (χ1v) is 8.08. The minimum absolute atomic E-state index is 0.117. The smallest absolute Gasteiger partial charge is 0.261 e. The van der Waals surface area contributed by atoms with Crippen molar-refractivity contribution in [2.45, 2.75) is 25.4 Å². The Balaban J connectivity index is 1.66. The third-order valence-electron chi connectivity index (χ3n) is 4.16. The third-order valence-corrected chi connectivity index (χ3v) is 5.28. The van der Waals surface area contributed by atoms with Crippen molar-refractivity contribution in [3.05, 3.63) is 16.3 Å². The Morgan fingerprint density at radius 3 is 3.14 bits per heavy atom. The summed E-state index contributed by atoms with van der Waals surface area (Å²) in [6.45, 7) is 2.42. The van der Waals surface area contributed by atoms with Crippen molar-refractivity contribution >= 4 is 16.3 Å². The first kappa shape index (κ1) is 13.2. The molecule has 112 valence electrons. The van der Waals surface area contributed by atoms with Crippen molar-refractivity contribution in [3.8, 4) is 11.5 Å². The van der Waals surface area contributed by atoms with E-state index in [1.807, 2.05) is 0 Å². The number of aromatic nitrogens is 2. The highest BCUT2D eigenvalue weighted by atomic mass is 32.1. The molecule has 2 aromatic heterocycles. The number of likely N-dealkylation sites (N-methyl/N-ethyl adjacent to an activating group) is 1. The van der Waals surface area contributed by atoms with E-state index in [4.69, 9.17) is 15.0 Å². The fraction of sp³-hybridized carbons (Fsp3) is 0.571. The number of ether oxygens (including phenoxy) is 1. The van der Waals surface area contributed by atoms with Crippen molar-refractivity contribution in [1.82, 2.24) is 15.0 Å². The molecule has 0 aromatic carbocycles. The number of morpholine rings is 1. The molecule has 2 aliphatic rings. The highest BCUT2D eigenvalue weighted by molar-refractivity contribution is 7.16. The molecule has 21 heavy (non-hydrogen) atoms. The summed E-state index contributed by atoms with van der Waals surface area (Å²) in [6, 6.07) is 0. The summed E-state index contributed by atoms with van der Waals surface area (Å²) in [5.41, 5.74) is 8.40. The van der Waals surface area contributed by atoms with Crippen LogP contribution in [-0.4, -0.2) is 41.8 Å². The van der Waals surface area contributed by atoms with Gasteiger partial charge in [0.05, 0.1) is 17.2 Å². The largest absolute Gasteiger partial charge is 0.390 e. The number of hydrogen-bond donors (Lipinski definition) is 1. The normalized spacial score (nSPS) is 22.6. The van der Waals surface area contributed by atoms with Gasteiger partial charge in [0.1, 0.15) is 6.10 Å². The van der Waals surface area contributed by atoms with Crippen LogP contribution in [0, 0.1) is 0 Å². The van der Waals surface area contributed by atoms with Crippen LogP contribution in [0.1, 0.15) is 28.8 Å². The van der Waals surface area contributed by atoms with Crippen molar-refractivity contribution in [1.29, 1.82) is 0 Å². The quantitative estimate of drug-likeness (QED) is 0.912. The molecule has 0 spiro atoms. The van der Waals surface area contributed by atoms with Gasteiger partial charge >= 0.3 is 0 Å². The van der Waals surface area contributed by atoms with E-state index in [0.717, 1.165) is 36.5 Å². The van der Waals surface area contributed by atoms with Crippen LogP contribution in [-0.2, 0) is 17.6 Å². The van der Waals surface area contributed by atoms with Crippen LogP contribution in [0.15, 0.2) is 4.52 Å². The standard InChI is InChI=1S/C14H18N4O2S/c1-18-5-6-19-9(7-18)13-16-14(20-17-13)11-8-3-2-4-10(8)21-12(11)15/h9H,2-7,15H2,1H3. The van der Waals surface area contributed by atoms with Gasteiger partial charge < -0.3 is 19.9 Å². The van der Waals surface area contributed by atoms with E-state index in [2.05, 4.69) is 22.1 Å². The van der Waals surface area contributed by atoms with Gasteiger partial charge in [-0.3, -0.25) is 0 Å². The number of nitrogen functional groups attached to an aromatic ring is 1. The maximum Gasteiger partial charge on any atom is 0.261 e. The summed E-state index contributed by atoms with van der Waals surface area (Å²) in [6.07, 6.45) is 3.24. The minimum Gasteiger partial charge on any atom is -0.390 e. The van der Waals surface area contributed by atoms with E-state index < -0.39 is 0 Å². The molecule has 1 saturated heterocycles. The number of aryl methyl sites for hydroxylation is 1. The Bertz CT molecular complexity index is 666. The van der Waals surface area contributed by atoms with Crippen LogP contribution in [0.25, 0.3) is 11.5 Å². The lowest BCUT2D eigenvalue weighted by molar-refractivity contribution is -0.0264. The molecule has 7 heteroatoms. The lowest BCUT2D eigenvalue weighted by Gasteiger charge is -2.27. The second-order valence-electron chi connectivity index (χ2n) is 5.68. The predicted octanol–water partition coefficient (Wildman–Crippen LogP) is 1.87. The molecule has 1 aliphatic carbocycles. The summed E-state index contributed by atoms with van der Waals surface area (Å²) in [5, 5.41) is 4.90. The molecule has 6 nitrogen and oxygen atoms in total. The molecule has 0 amide bonds. The van der Waals surface area contributed by atoms with Gasteiger partial charge in [0, 0.05) is 18.0 Å². The second-order valence-corrected chi connectivity index (χ2v) is 6.81. The number of rotatable bonds is 2. The van der Waals surface area contributed by atoms with Crippen molar-refractivity contribution < 1.29 is 9.26 Å². The van der Waals surface area contributed by atoms with Gasteiger partial charge in [-0.15, -0.1) is 11.3 Å². The zero-order valence-electron chi connectivity index (χ0n) is 12.0. The van der Waals surface area contributed by atoms with Gasteiger partial charge in [-0.25, -0.2) is 0 Å². The Morgan fingerprint density at radius 2 is 2.29 bits per heavy atom. The van der Waals surface area contributed by atoms with E-state index in [0.29, 0.717) is 18.3 Å². The third kappa shape index (κ3) is 2.25. The molecular weight excluding hydrogens is 288 g/mol. The number of nitrogens with zero attached hydrogens (tertiary/aromatic N) is 3. The second kappa shape index (κ2) is 5.08. The molecule has 2 aromatic rings. The van der Waals surface area contributed by atoms with Gasteiger partial charge in [0.15, 0.2) is 0 Å². The highest BCUT2D eigenvalue weighted by Crippen LogP contribution is 2.42. The molecule has 0 bridgehead atoms. The Labute approximate surface area is 126 Å². The molecule has 1 atom stereocenters. The molecule has 3 heterocycles. The average molecular weight is 306 g/mol. The molecule has 2 N–H and O–H groups in total. The maximum absolute atomic E-state index is 6.14. The van der Waals surface area contributed by atoms with Crippen LogP contribution in [0.4, 0.5) is 5.00 Å². The van der Waals surface area contributed by atoms with Gasteiger partial charge in [-0.2, -0.15) is 4.98 Å². The van der Waals surface area contributed by atoms with E-state index in [-0.39, 0.29) is 6.10 Å². The summed E-state index contributed by atoms with van der Waals surface area (Å²) in [5.74, 6) is 1.16. The zero-order chi connectivity index (χ0) is 14.4. The van der Waals surface area contributed by atoms with Crippen molar-refractivity contribution in [3.63, 3.8) is 0 Å². The molecular formula is C14H18N4O2S. The summed E-state index contributed by atoms with van der Waals surface area (Å²) in [7, 11) is 2.07. The predicted molar refractivity (Wildman–Crippen MR) is 80.2 cm³/mol. The number of anilines is 1. The molecule has 1 aliphatic heterocycles. The molecule has 1 unspecified atom stereocenters. The SMILES string of the molecule is CN1CCOC(c2noc(-c3c(N)sc4c3CCC4)n2)C1. The molecule has 0 radical (unpaired) electrons. The first-order valence-electron chi connectivity index (χ1n) is 7.26. The maximum atomic E-state index is 6.14. The van der Waals surface area contributed by atoms with Crippen LogP contribution in [0.2, 0.25) is 0 Å². The zero-order valence-corrected chi connectivity index (χ0v) is 12.8. The van der Waals surface area contributed by atoms with Gasteiger partial charge in [-0.1, -0.05) is 5.16 Å². The van der Waals surface area contributed by atoms with E-state index in [9.17, 15) is 0 Å². The summed E-state index contributed by atoms with van der Waals surface area (Å²) < 4.78 is 11.2. The van der Waals surface area contributed by atoms with Crippen molar-refractivity contribution in [2.24, 2.45) is 0 Å². The van der Waals surface area contributed by atoms with E-state index >= 15 is 0 Å². The molecule has 4 rings (SSSR count). The average Bonchev–Trinajstić information content (AvgIpc) is 3.14. The fourth-order valence-corrected chi connectivity index (χ4v) is 4.21. The number of thiophene rings is 1. The molecule has 1 fully saturated rings. The highest BCUT2D eigenvalue weighted by Gasteiger charge is 2.28. The van der Waals surface area contributed by atoms with Gasteiger partial charge in [-0.05, 0) is 31.9 Å². The van der Waals surface area contributed by atoms with Crippen LogP contribution in [0.3, 0.4) is 0 Å². The van der Waals surface area contributed by atoms with Gasteiger partial charge in [0.25, 0.3) is 5.89 Å². The Kier molecular flexibility index (Phi) is 3.20. The fourth-order valence-electron chi connectivity index (χ4n) is 3.06. The Morgan fingerprint density at radius 1 is 1.38 bits per heavy atom. The minimum atomic E-state index is -0.117. The van der Waals surface area contributed by atoms with Gasteiger partial charge in [0.2, 0.25) is 5.82 Å². The van der Waals surface area contributed by atoms with Crippen LogP contribution < -0.4 is 5.73 Å². The topological polar surface area (TPSA) is 77.4 Å². The number of nitrogens with two attached hydrogens (primary N) is 1. The van der Waals surface area contributed by atoms with Crippen molar-refractivity contribution in [2.75, 3.05) is 32.5 Å². The lowest BCUT2D eigenvalue weighted by Crippen LogP contribution is -2.35. The first-order chi connectivity index (χ1) is 10.2. The Hall–Kier alpha value is -1.44. The van der Waals surface area contributed by atoms with Crippen LogP contribution in [0.5, 0.6) is 0 Å². The lowest BCUT2D eigenvalue weighted by atomic mass is 10.1. The van der Waals surface area contributed by atoms with E-state index in [1.165, 1.54) is 16.9 Å². The van der Waals surface area contributed by atoms with Crippen LogP contribution >= 0.6 is 11.3 Å². The summed E-state index contributed by atoms with van der Waals surface area (Å²) >= 11 is 1.65. The van der Waals surface area contributed by atoms with E-state index in [1.54, 1.807) is 11.3 Å². The number of fused-ring (bicyclic) bond motifs is 1. The summed E-state index contributed by atoms with van der Waals surface area (Å²) in [4.78, 5) is 8.13.